The normalized spacial score (nSPS) is 15.8. The van der Waals surface area contributed by atoms with Gasteiger partial charge in [0.05, 0.1) is 19.4 Å². The van der Waals surface area contributed by atoms with E-state index in [-0.39, 0.29) is 18.2 Å². The Morgan fingerprint density at radius 3 is 2.62 bits per heavy atom. The molecule has 5 nitrogen and oxygen atoms in total. The molecule has 1 fully saturated rings. The zero-order valence-corrected chi connectivity index (χ0v) is 12.6. The lowest BCUT2D eigenvalue weighted by molar-refractivity contribution is -0.145. The SMILES string of the molecule is COc1cccc(Cl)c1CC(=O)N1CCC(C(=O)O)CC1. The second-order valence-electron chi connectivity index (χ2n) is 5.09. The molecule has 1 N–H and O–H groups in total. The number of aliphatic carboxylic acids is 1. The lowest BCUT2D eigenvalue weighted by atomic mass is 9.96. The third kappa shape index (κ3) is 3.67. The van der Waals surface area contributed by atoms with Crippen molar-refractivity contribution in [2.45, 2.75) is 19.3 Å². The standard InChI is InChI=1S/C15H18ClNO4/c1-21-13-4-2-3-12(16)11(13)9-14(18)17-7-5-10(6-8-17)15(19)20/h2-4,10H,5-9H2,1H3,(H,19,20). The molecule has 1 amide bonds. The fourth-order valence-corrected chi connectivity index (χ4v) is 2.77. The van der Waals surface area contributed by atoms with Gasteiger partial charge in [-0.2, -0.15) is 0 Å². The third-order valence-electron chi connectivity index (χ3n) is 3.82. The summed E-state index contributed by atoms with van der Waals surface area (Å²) >= 11 is 6.13. The van der Waals surface area contributed by atoms with Gasteiger partial charge in [0.2, 0.25) is 5.91 Å². The van der Waals surface area contributed by atoms with Crippen LogP contribution >= 0.6 is 11.6 Å². The summed E-state index contributed by atoms with van der Waals surface area (Å²) in [6, 6.07) is 5.27. The largest absolute Gasteiger partial charge is 0.496 e. The molecule has 1 aliphatic heterocycles. The van der Waals surface area contributed by atoms with Gasteiger partial charge >= 0.3 is 5.97 Å². The molecule has 0 spiro atoms. The van der Waals surface area contributed by atoms with E-state index in [0.717, 1.165) is 0 Å². The number of ether oxygens (including phenoxy) is 1. The summed E-state index contributed by atoms with van der Waals surface area (Å²) in [5, 5.41) is 9.47. The van der Waals surface area contributed by atoms with E-state index in [0.29, 0.717) is 42.3 Å². The van der Waals surface area contributed by atoms with Crippen molar-refractivity contribution in [1.29, 1.82) is 0 Å². The Labute approximate surface area is 128 Å². The van der Waals surface area contributed by atoms with Crippen molar-refractivity contribution in [2.75, 3.05) is 20.2 Å². The van der Waals surface area contributed by atoms with Gasteiger partial charge in [0.1, 0.15) is 5.75 Å². The summed E-state index contributed by atoms with van der Waals surface area (Å²) in [5.41, 5.74) is 0.673. The maximum Gasteiger partial charge on any atom is 0.306 e. The number of likely N-dealkylation sites (tertiary alicyclic amines) is 1. The monoisotopic (exact) mass is 311 g/mol. The highest BCUT2D eigenvalue weighted by atomic mass is 35.5. The van der Waals surface area contributed by atoms with Crippen LogP contribution in [0.4, 0.5) is 0 Å². The zero-order valence-electron chi connectivity index (χ0n) is 11.8. The van der Waals surface area contributed by atoms with Crippen molar-refractivity contribution < 1.29 is 19.4 Å². The molecule has 21 heavy (non-hydrogen) atoms. The van der Waals surface area contributed by atoms with Crippen LogP contribution in [-0.4, -0.2) is 42.1 Å². The number of carboxylic acid groups (broad SMARTS) is 1. The summed E-state index contributed by atoms with van der Waals surface area (Å²) in [6.07, 6.45) is 1.17. The minimum atomic E-state index is -0.783. The number of nitrogens with zero attached hydrogens (tertiary/aromatic N) is 1. The molecule has 0 saturated carbocycles. The second-order valence-corrected chi connectivity index (χ2v) is 5.50. The Balaban J connectivity index is 2.01. The molecule has 0 bridgehead atoms. The molecule has 0 atom stereocenters. The van der Waals surface area contributed by atoms with Crippen LogP contribution in [0, 0.1) is 5.92 Å². The minimum Gasteiger partial charge on any atom is -0.496 e. The minimum absolute atomic E-state index is 0.0507. The average Bonchev–Trinajstić information content (AvgIpc) is 2.49. The molecular formula is C15H18ClNO4. The van der Waals surface area contributed by atoms with Crippen molar-refractivity contribution in [3.05, 3.63) is 28.8 Å². The van der Waals surface area contributed by atoms with Gasteiger partial charge in [-0.05, 0) is 25.0 Å². The topological polar surface area (TPSA) is 66.8 Å². The van der Waals surface area contributed by atoms with E-state index >= 15 is 0 Å². The van der Waals surface area contributed by atoms with Crippen LogP contribution in [0.1, 0.15) is 18.4 Å². The number of carbonyl (C=O) groups excluding carboxylic acids is 1. The smallest absolute Gasteiger partial charge is 0.306 e. The molecule has 1 saturated heterocycles. The molecule has 0 aliphatic carbocycles. The summed E-state index contributed by atoms with van der Waals surface area (Å²) in [4.78, 5) is 24.9. The number of methoxy groups -OCH3 is 1. The van der Waals surface area contributed by atoms with Crippen LogP contribution in [0.3, 0.4) is 0 Å². The van der Waals surface area contributed by atoms with Gasteiger partial charge in [0, 0.05) is 23.7 Å². The molecular weight excluding hydrogens is 294 g/mol. The van der Waals surface area contributed by atoms with E-state index in [2.05, 4.69) is 0 Å². The first-order valence-corrected chi connectivity index (χ1v) is 7.22. The maximum atomic E-state index is 12.3. The fourth-order valence-electron chi connectivity index (χ4n) is 2.54. The molecule has 1 heterocycles. The number of hydrogen-bond donors (Lipinski definition) is 1. The highest BCUT2D eigenvalue weighted by molar-refractivity contribution is 6.31. The highest BCUT2D eigenvalue weighted by Crippen LogP contribution is 2.27. The molecule has 6 heteroatoms. The molecule has 0 radical (unpaired) electrons. The Kier molecular flexibility index (Phi) is 5.07. The summed E-state index contributed by atoms with van der Waals surface area (Å²) in [5.74, 6) is -0.583. The van der Waals surface area contributed by atoms with Gasteiger partial charge in [-0.15, -0.1) is 0 Å². The number of hydrogen-bond acceptors (Lipinski definition) is 3. The molecule has 0 unspecified atom stereocenters. The number of benzene rings is 1. The van der Waals surface area contributed by atoms with Gasteiger partial charge in [0.25, 0.3) is 0 Å². The van der Waals surface area contributed by atoms with Gasteiger partial charge in [-0.3, -0.25) is 9.59 Å². The second kappa shape index (κ2) is 6.80. The van der Waals surface area contributed by atoms with Crippen molar-refractivity contribution >= 4 is 23.5 Å². The predicted molar refractivity (Wildman–Crippen MR) is 78.6 cm³/mol. The first-order chi connectivity index (χ1) is 10.0. The zero-order chi connectivity index (χ0) is 15.4. The molecule has 1 aromatic carbocycles. The van der Waals surface area contributed by atoms with E-state index in [1.54, 1.807) is 23.1 Å². The first-order valence-electron chi connectivity index (χ1n) is 6.85. The lowest BCUT2D eigenvalue weighted by Gasteiger charge is -2.30. The molecule has 114 valence electrons. The van der Waals surface area contributed by atoms with Crippen molar-refractivity contribution in [3.63, 3.8) is 0 Å². The van der Waals surface area contributed by atoms with Crippen LogP contribution in [0.15, 0.2) is 18.2 Å². The Hall–Kier alpha value is -1.75. The van der Waals surface area contributed by atoms with Crippen LogP contribution in [0.5, 0.6) is 5.75 Å². The van der Waals surface area contributed by atoms with E-state index in [1.165, 1.54) is 7.11 Å². The predicted octanol–water partition coefficient (Wildman–Crippen LogP) is 2.21. The van der Waals surface area contributed by atoms with Gasteiger partial charge in [0.15, 0.2) is 0 Å². The number of rotatable bonds is 4. The quantitative estimate of drug-likeness (QED) is 0.926. The third-order valence-corrected chi connectivity index (χ3v) is 4.17. The average molecular weight is 312 g/mol. The maximum absolute atomic E-state index is 12.3. The number of halogens is 1. The van der Waals surface area contributed by atoms with Gasteiger partial charge < -0.3 is 14.7 Å². The molecule has 2 rings (SSSR count). The number of carboxylic acids is 1. The van der Waals surface area contributed by atoms with E-state index in [4.69, 9.17) is 21.4 Å². The van der Waals surface area contributed by atoms with E-state index in [1.807, 2.05) is 0 Å². The van der Waals surface area contributed by atoms with Crippen LogP contribution < -0.4 is 4.74 Å². The van der Waals surface area contributed by atoms with Crippen molar-refractivity contribution in [3.8, 4) is 5.75 Å². The lowest BCUT2D eigenvalue weighted by Crippen LogP contribution is -2.41. The molecule has 0 aromatic heterocycles. The number of amides is 1. The Morgan fingerprint density at radius 1 is 1.38 bits per heavy atom. The van der Waals surface area contributed by atoms with E-state index < -0.39 is 5.97 Å². The van der Waals surface area contributed by atoms with E-state index in [9.17, 15) is 9.59 Å². The number of piperidine rings is 1. The van der Waals surface area contributed by atoms with Crippen LogP contribution in [-0.2, 0) is 16.0 Å². The fraction of sp³-hybridized carbons (Fsp3) is 0.467. The van der Waals surface area contributed by atoms with Crippen LogP contribution in [0.2, 0.25) is 5.02 Å². The molecule has 1 aliphatic rings. The first kappa shape index (κ1) is 15.6. The highest BCUT2D eigenvalue weighted by Gasteiger charge is 2.27. The Morgan fingerprint density at radius 2 is 2.05 bits per heavy atom. The van der Waals surface area contributed by atoms with Gasteiger partial charge in [-0.1, -0.05) is 17.7 Å². The van der Waals surface area contributed by atoms with Crippen molar-refractivity contribution in [1.82, 2.24) is 4.90 Å². The van der Waals surface area contributed by atoms with Crippen LogP contribution in [0.25, 0.3) is 0 Å². The summed E-state index contributed by atoms with van der Waals surface area (Å²) in [7, 11) is 1.54. The van der Waals surface area contributed by atoms with Gasteiger partial charge in [-0.25, -0.2) is 0 Å². The Bertz CT molecular complexity index is 538. The van der Waals surface area contributed by atoms with Crippen molar-refractivity contribution in [2.24, 2.45) is 5.92 Å². The summed E-state index contributed by atoms with van der Waals surface area (Å²) in [6.45, 7) is 0.950. The number of carbonyl (C=O) groups is 2. The molecule has 1 aromatic rings. The summed E-state index contributed by atoms with van der Waals surface area (Å²) < 4.78 is 5.23.